The predicted molar refractivity (Wildman–Crippen MR) is 76.1 cm³/mol. The number of hydrogen-bond donors (Lipinski definition) is 1. The Morgan fingerprint density at radius 1 is 1.38 bits per heavy atom. The van der Waals surface area contributed by atoms with Crippen LogP contribution in [0.5, 0.6) is 0 Å². The minimum absolute atomic E-state index is 0.286. The smallest absolute Gasteiger partial charge is 0.407 e. The molecule has 1 unspecified atom stereocenters. The van der Waals surface area contributed by atoms with E-state index in [9.17, 15) is 13.6 Å². The van der Waals surface area contributed by atoms with Gasteiger partial charge in [-0.2, -0.15) is 8.78 Å². The van der Waals surface area contributed by atoms with Gasteiger partial charge in [-0.15, -0.1) is 0 Å². The fourth-order valence-corrected chi connectivity index (χ4v) is 2.02. The van der Waals surface area contributed by atoms with Gasteiger partial charge in [0, 0.05) is 5.41 Å². The molecule has 0 bridgehead atoms. The molecular formula is C15H23F2NO3. The van der Waals surface area contributed by atoms with Crippen molar-refractivity contribution in [2.45, 2.75) is 52.4 Å². The van der Waals surface area contributed by atoms with Crippen molar-refractivity contribution in [3.8, 4) is 0 Å². The zero-order valence-corrected chi connectivity index (χ0v) is 12.9. The lowest BCUT2D eigenvalue weighted by atomic mass is 9.77. The summed E-state index contributed by atoms with van der Waals surface area (Å²) >= 11 is 0. The largest absolute Gasteiger partial charge is 0.444 e. The first kappa shape index (κ1) is 17.6. The van der Waals surface area contributed by atoms with Gasteiger partial charge in [0.1, 0.15) is 5.60 Å². The van der Waals surface area contributed by atoms with Crippen molar-refractivity contribution < 1.29 is 23.0 Å². The van der Waals surface area contributed by atoms with Gasteiger partial charge in [0.25, 0.3) is 0 Å². The van der Waals surface area contributed by atoms with Gasteiger partial charge in [0.05, 0.1) is 12.6 Å². The molecule has 4 nitrogen and oxygen atoms in total. The van der Waals surface area contributed by atoms with Gasteiger partial charge >= 0.3 is 12.7 Å². The minimum atomic E-state index is -2.88. The molecule has 120 valence electrons. The number of carbonyl (C=O) groups is 1. The second kappa shape index (κ2) is 7.02. The van der Waals surface area contributed by atoms with Gasteiger partial charge in [0.15, 0.2) is 0 Å². The van der Waals surface area contributed by atoms with E-state index in [0.717, 1.165) is 0 Å². The second-order valence-electron chi connectivity index (χ2n) is 6.29. The van der Waals surface area contributed by atoms with Crippen molar-refractivity contribution in [3.63, 3.8) is 0 Å². The molecule has 1 aliphatic rings. The van der Waals surface area contributed by atoms with Gasteiger partial charge in [0.2, 0.25) is 0 Å². The number of hydrogen-bond acceptors (Lipinski definition) is 3. The Bertz CT molecular complexity index is 416. The lowest BCUT2D eigenvalue weighted by Crippen LogP contribution is -2.50. The molecule has 1 N–H and O–H groups in total. The van der Waals surface area contributed by atoms with E-state index in [1.807, 2.05) is 31.2 Å². The maximum Gasteiger partial charge on any atom is 0.407 e. The average Bonchev–Trinajstić information content (AvgIpc) is 2.32. The summed E-state index contributed by atoms with van der Waals surface area (Å²) in [5.74, 6) is 0. The van der Waals surface area contributed by atoms with Crippen molar-refractivity contribution in [1.29, 1.82) is 0 Å². The lowest BCUT2D eigenvalue weighted by molar-refractivity contribution is -0.138. The first-order valence-electron chi connectivity index (χ1n) is 6.86. The molecule has 2 atom stereocenters. The summed E-state index contributed by atoms with van der Waals surface area (Å²) < 4.78 is 34.2. The minimum Gasteiger partial charge on any atom is -0.444 e. The number of alkyl halides is 2. The van der Waals surface area contributed by atoms with Crippen molar-refractivity contribution in [2.24, 2.45) is 5.41 Å². The van der Waals surface area contributed by atoms with Crippen LogP contribution in [0.25, 0.3) is 0 Å². The Morgan fingerprint density at radius 2 is 2.05 bits per heavy atom. The zero-order valence-electron chi connectivity index (χ0n) is 12.9. The fraction of sp³-hybridized carbons (Fsp3) is 0.667. The Balaban J connectivity index is 2.75. The molecule has 0 heterocycles. The molecule has 0 radical (unpaired) electrons. The van der Waals surface area contributed by atoms with Crippen molar-refractivity contribution in [2.75, 3.05) is 6.61 Å². The second-order valence-corrected chi connectivity index (χ2v) is 6.29. The monoisotopic (exact) mass is 303 g/mol. The number of carbonyl (C=O) groups excluding carboxylic acids is 1. The third-order valence-electron chi connectivity index (χ3n) is 3.16. The van der Waals surface area contributed by atoms with Crippen molar-refractivity contribution in [1.82, 2.24) is 5.32 Å². The summed E-state index contributed by atoms with van der Waals surface area (Å²) in [5.41, 5.74) is -1.15. The van der Waals surface area contributed by atoms with Crippen LogP contribution in [-0.4, -0.2) is 31.0 Å². The third kappa shape index (κ3) is 6.25. The van der Waals surface area contributed by atoms with E-state index in [2.05, 4.69) is 10.1 Å². The zero-order chi connectivity index (χ0) is 16.1. The van der Waals surface area contributed by atoms with Crippen LogP contribution in [0.4, 0.5) is 13.6 Å². The molecule has 0 aromatic carbocycles. The molecule has 1 aliphatic carbocycles. The van der Waals surface area contributed by atoms with Gasteiger partial charge in [-0.3, -0.25) is 0 Å². The van der Waals surface area contributed by atoms with Crippen LogP contribution < -0.4 is 5.32 Å². The SMILES string of the molecule is CC(C)(C)OC(=O)N[C@H](COC(F)F)C1(C)C=CC=CC1. The third-order valence-corrected chi connectivity index (χ3v) is 3.16. The van der Waals surface area contributed by atoms with Crippen LogP contribution in [0.15, 0.2) is 24.3 Å². The molecule has 0 saturated carbocycles. The normalized spacial score (nSPS) is 23.2. The van der Waals surface area contributed by atoms with Gasteiger partial charge in [-0.1, -0.05) is 31.2 Å². The highest BCUT2D eigenvalue weighted by molar-refractivity contribution is 5.68. The Hall–Kier alpha value is -1.43. The molecule has 1 rings (SSSR count). The molecular weight excluding hydrogens is 280 g/mol. The standard InChI is InChI=1S/C15H23F2NO3/c1-14(2,3)21-13(19)18-11(10-20-12(16)17)15(4)8-6-5-7-9-15/h5-8,11-12H,9-10H2,1-4H3,(H,18,19)/t11-,15?/m1/s1. The number of amides is 1. The van der Waals surface area contributed by atoms with E-state index in [1.165, 1.54) is 0 Å². The quantitative estimate of drug-likeness (QED) is 0.843. The Labute approximate surface area is 124 Å². The van der Waals surface area contributed by atoms with Crippen LogP contribution in [0.1, 0.15) is 34.1 Å². The predicted octanol–water partition coefficient (Wildman–Crippen LogP) is 3.64. The molecule has 0 aromatic rings. The molecule has 0 spiro atoms. The van der Waals surface area contributed by atoms with E-state index >= 15 is 0 Å². The van der Waals surface area contributed by atoms with Crippen molar-refractivity contribution >= 4 is 6.09 Å². The molecule has 0 aliphatic heterocycles. The Kier molecular flexibility index (Phi) is 5.89. The Morgan fingerprint density at radius 3 is 2.52 bits per heavy atom. The van der Waals surface area contributed by atoms with E-state index < -0.39 is 29.8 Å². The van der Waals surface area contributed by atoms with E-state index in [-0.39, 0.29) is 6.61 Å². The van der Waals surface area contributed by atoms with Crippen LogP contribution >= 0.6 is 0 Å². The van der Waals surface area contributed by atoms with E-state index in [1.54, 1.807) is 20.8 Å². The summed E-state index contributed by atoms with van der Waals surface area (Å²) in [5, 5.41) is 2.63. The summed E-state index contributed by atoms with van der Waals surface area (Å²) in [7, 11) is 0. The first-order chi connectivity index (χ1) is 9.62. The van der Waals surface area contributed by atoms with Crippen LogP contribution in [0.3, 0.4) is 0 Å². The number of ether oxygens (including phenoxy) is 2. The number of nitrogens with one attached hydrogen (secondary N) is 1. The van der Waals surface area contributed by atoms with Gasteiger partial charge in [-0.05, 0) is 27.2 Å². The number of allylic oxidation sites excluding steroid dienone is 3. The average molecular weight is 303 g/mol. The molecule has 0 aromatic heterocycles. The number of alkyl carbamates (subject to hydrolysis) is 1. The molecule has 21 heavy (non-hydrogen) atoms. The highest BCUT2D eigenvalue weighted by Crippen LogP contribution is 2.32. The number of rotatable bonds is 5. The molecule has 0 saturated heterocycles. The lowest BCUT2D eigenvalue weighted by Gasteiger charge is -2.36. The topological polar surface area (TPSA) is 47.6 Å². The summed E-state index contributed by atoms with van der Waals surface area (Å²) in [6.07, 6.45) is 7.48. The van der Waals surface area contributed by atoms with Gasteiger partial charge < -0.3 is 14.8 Å². The van der Waals surface area contributed by atoms with E-state index in [4.69, 9.17) is 4.74 Å². The maximum absolute atomic E-state index is 12.3. The molecule has 0 fully saturated rings. The van der Waals surface area contributed by atoms with Crippen LogP contribution in [-0.2, 0) is 9.47 Å². The fourth-order valence-electron chi connectivity index (χ4n) is 2.02. The highest BCUT2D eigenvalue weighted by Gasteiger charge is 2.35. The van der Waals surface area contributed by atoms with Crippen LogP contribution in [0, 0.1) is 5.41 Å². The molecule has 1 amide bonds. The van der Waals surface area contributed by atoms with E-state index in [0.29, 0.717) is 6.42 Å². The van der Waals surface area contributed by atoms with Crippen molar-refractivity contribution in [3.05, 3.63) is 24.3 Å². The first-order valence-corrected chi connectivity index (χ1v) is 6.86. The van der Waals surface area contributed by atoms with Crippen LogP contribution in [0.2, 0.25) is 0 Å². The summed E-state index contributed by atoms with van der Waals surface area (Å²) in [6.45, 7) is 3.93. The maximum atomic E-state index is 12.3. The number of halogens is 2. The summed E-state index contributed by atoms with van der Waals surface area (Å²) in [6, 6.07) is -0.609. The summed E-state index contributed by atoms with van der Waals surface area (Å²) in [4.78, 5) is 11.9. The van der Waals surface area contributed by atoms with Gasteiger partial charge in [-0.25, -0.2) is 4.79 Å². The highest BCUT2D eigenvalue weighted by atomic mass is 19.3. The molecule has 6 heteroatoms.